The molecule has 21 heavy (non-hydrogen) atoms. The van der Waals surface area contributed by atoms with Gasteiger partial charge in [-0.15, -0.1) is 11.3 Å². The zero-order chi connectivity index (χ0) is 14.7. The average molecular weight is 301 g/mol. The Morgan fingerprint density at radius 3 is 2.81 bits per heavy atom. The Morgan fingerprint density at radius 2 is 2.10 bits per heavy atom. The van der Waals surface area contributed by atoms with E-state index in [4.69, 9.17) is 15.0 Å². The summed E-state index contributed by atoms with van der Waals surface area (Å²) in [5, 5.41) is 4.65. The highest BCUT2D eigenvalue weighted by Crippen LogP contribution is 2.32. The second-order valence-corrected chi connectivity index (χ2v) is 5.85. The fourth-order valence-electron chi connectivity index (χ4n) is 1.94. The first kappa shape index (κ1) is 13.6. The highest BCUT2D eigenvalue weighted by atomic mass is 32.1. The Morgan fingerprint density at radius 1 is 1.29 bits per heavy atom. The molecule has 6 heteroatoms. The van der Waals surface area contributed by atoms with Crippen molar-refractivity contribution >= 4 is 16.3 Å². The van der Waals surface area contributed by atoms with Crippen LogP contribution >= 0.6 is 11.3 Å². The molecule has 2 N–H and O–H groups in total. The number of nitrogens with zero attached hydrogens (tertiary/aromatic N) is 2. The van der Waals surface area contributed by atoms with Crippen LogP contribution < -0.4 is 10.5 Å². The van der Waals surface area contributed by atoms with Crippen LogP contribution in [0.3, 0.4) is 0 Å². The molecule has 0 spiro atoms. The van der Waals surface area contributed by atoms with Gasteiger partial charge in [-0.1, -0.05) is 23.4 Å². The lowest BCUT2D eigenvalue weighted by atomic mass is 10.3. The third kappa shape index (κ3) is 3.22. The topological polar surface area (TPSA) is 74.2 Å². The van der Waals surface area contributed by atoms with Gasteiger partial charge in [0.15, 0.2) is 5.82 Å². The number of rotatable bonds is 5. The summed E-state index contributed by atoms with van der Waals surface area (Å²) in [6.45, 7) is 2.50. The van der Waals surface area contributed by atoms with E-state index in [0.717, 1.165) is 16.2 Å². The molecule has 0 aliphatic rings. The van der Waals surface area contributed by atoms with E-state index in [9.17, 15) is 0 Å². The molecule has 3 rings (SSSR count). The van der Waals surface area contributed by atoms with Gasteiger partial charge in [-0.05, 0) is 25.1 Å². The first-order valence-corrected chi connectivity index (χ1v) is 7.41. The molecular weight excluding hydrogens is 286 g/mol. The maximum absolute atomic E-state index is 5.92. The predicted molar refractivity (Wildman–Crippen MR) is 82.4 cm³/mol. The number of thiophene rings is 1. The second kappa shape index (κ2) is 5.97. The predicted octanol–water partition coefficient (Wildman–Crippen LogP) is 3.31. The summed E-state index contributed by atoms with van der Waals surface area (Å²) in [6.07, 6.45) is 0.585. The van der Waals surface area contributed by atoms with Crippen molar-refractivity contribution in [2.75, 3.05) is 12.3 Å². The molecule has 0 saturated heterocycles. The summed E-state index contributed by atoms with van der Waals surface area (Å²) < 4.78 is 10.9. The summed E-state index contributed by atoms with van der Waals surface area (Å²) in [5.41, 5.74) is 6.73. The Balaban J connectivity index is 1.62. The van der Waals surface area contributed by atoms with Gasteiger partial charge in [-0.25, -0.2) is 0 Å². The number of ether oxygens (including phenoxy) is 1. The van der Waals surface area contributed by atoms with Gasteiger partial charge in [-0.3, -0.25) is 0 Å². The molecule has 0 amide bonds. The Kier molecular flexibility index (Phi) is 3.87. The van der Waals surface area contributed by atoms with Gasteiger partial charge in [0.2, 0.25) is 0 Å². The molecule has 1 aromatic carbocycles. The number of aromatic nitrogens is 2. The molecule has 108 valence electrons. The molecule has 0 aliphatic carbocycles. The number of anilines is 1. The van der Waals surface area contributed by atoms with E-state index >= 15 is 0 Å². The number of nitrogens with two attached hydrogens (primary N) is 1. The van der Waals surface area contributed by atoms with Crippen LogP contribution in [0.5, 0.6) is 5.75 Å². The molecular formula is C15H15N3O2S. The minimum absolute atomic E-state index is 0.464. The van der Waals surface area contributed by atoms with Crippen molar-refractivity contribution in [1.82, 2.24) is 10.1 Å². The van der Waals surface area contributed by atoms with Gasteiger partial charge in [0.05, 0.1) is 17.2 Å². The number of hydrogen-bond donors (Lipinski definition) is 1. The van der Waals surface area contributed by atoms with Gasteiger partial charge in [0.25, 0.3) is 5.89 Å². The maximum atomic E-state index is 5.92. The minimum atomic E-state index is 0.464. The van der Waals surface area contributed by atoms with Gasteiger partial charge in [0, 0.05) is 11.3 Å². The van der Waals surface area contributed by atoms with Crippen molar-refractivity contribution in [3.05, 3.63) is 47.1 Å². The molecule has 0 bridgehead atoms. The lowest BCUT2D eigenvalue weighted by Gasteiger charge is -2.02. The summed E-state index contributed by atoms with van der Waals surface area (Å²) >= 11 is 1.51. The van der Waals surface area contributed by atoms with Crippen molar-refractivity contribution in [3.63, 3.8) is 0 Å². The summed E-state index contributed by atoms with van der Waals surface area (Å²) in [5.74, 6) is 1.91. The van der Waals surface area contributed by atoms with Crippen molar-refractivity contribution < 1.29 is 9.26 Å². The average Bonchev–Trinajstić information content (AvgIpc) is 3.06. The van der Waals surface area contributed by atoms with E-state index < -0.39 is 0 Å². The van der Waals surface area contributed by atoms with Crippen LogP contribution in [0.15, 0.2) is 40.9 Å². The fraction of sp³-hybridized carbons (Fsp3) is 0.200. The molecule has 0 saturated carbocycles. The Bertz CT molecular complexity index is 722. The molecule has 0 radical (unpaired) electrons. The van der Waals surface area contributed by atoms with Gasteiger partial charge in [-0.2, -0.15) is 4.98 Å². The number of benzene rings is 1. The van der Waals surface area contributed by atoms with Crippen molar-refractivity contribution in [1.29, 1.82) is 0 Å². The van der Waals surface area contributed by atoms with Gasteiger partial charge >= 0.3 is 0 Å². The van der Waals surface area contributed by atoms with E-state index in [1.54, 1.807) is 0 Å². The molecule has 2 heterocycles. The molecule has 0 aliphatic heterocycles. The van der Waals surface area contributed by atoms with Crippen LogP contribution in [-0.2, 0) is 6.42 Å². The lowest BCUT2D eigenvalue weighted by Crippen LogP contribution is -2.02. The number of para-hydroxylation sites is 1. The van der Waals surface area contributed by atoms with Crippen molar-refractivity contribution in [2.45, 2.75) is 13.3 Å². The Labute approximate surface area is 126 Å². The standard InChI is InChI=1S/C15H15N3O2S/c1-10-9-12(14(16)21-10)15-17-13(18-20-15)7-8-19-11-5-3-2-4-6-11/h2-6,9H,7-8,16H2,1H3. The van der Waals surface area contributed by atoms with Crippen LogP contribution in [0.25, 0.3) is 11.5 Å². The van der Waals surface area contributed by atoms with Crippen LogP contribution in [0.4, 0.5) is 5.00 Å². The van der Waals surface area contributed by atoms with E-state index in [1.165, 1.54) is 11.3 Å². The zero-order valence-electron chi connectivity index (χ0n) is 11.6. The largest absolute Gasteiger partial charge is 0.493 e. The van der Waals surface area contributed by atoms with Gasteiger partial charge < -0.3 is 15.0 Å². The van der Waals surface area contributed by atoms with Crippen molar-refractivity contribution in [3.8, 4) is 17.2 Å². The molecule has 0 unspecified atom stereocenters. The SMILES string of the molecule is Cc1cc(-c2nc(CCOc3ccccc3)no2)c(N)s1. The third-order valence-corrected chi connectivity index (χ3v) is 3.80. The highest BCUT2D eigenvalue weighted by molar-refractivity contribution is 7.16. The van der Waals surface area contributed by atoms with E-state index in [2.05, 4.69) is 10.1 Å². The van der Waals surface area contributed by atoms with Crippen LogP contribution in [-0.4, -0.2) is 16.7 Å². The fourth-order valence-corrected chi connectivity index (χ4v) is 2.72. The monoisotopic (exact) mass is 301 g/mol. The Hall–Kier alpha value is -2.34. The summed E-state index contributed by atoms with van der Waals surface area (Å²) in [4.78, 5) is 5.47. The van der Waals surface area contributed by atoms with E-state index in [-0.39, 0.29) is 0 Å². The maximum Gasteiger partial charge on any atom is 0.260 e. The molecule has 2 aromatic heterocycles. The van der Waals surface area contributed by atoms with Crippen LogP contribution in [0.1, 0.15) is 10.7 Å². The number of aryl methyl sites for hydroxylation is 1. The van der Waals surface area contributed by atoms with E-state index in [0.29, 0.717) is 29.7 Å². The highest BCUT2D eigenvalue weighted by Gasteiger charge is 2.14. The first-order valence-electron chi connectivity index (χ1n) is 6.59. The number of nitrogen functional groups attached to an aromatic ring is 1. The molecule has 3 aromatic rings. The first-order chi connectivity index (χ1) is 10.2. The third-order valence-electron chi connectivity index (χ3n) is 2.92. The summed E-state index contributed by atoms with van der Waals surface area (Å²) in [6, 6.07) is 11.6. The lowest BCUT2D eigenvalue weighted by molar-refractivity contribution is 0.315. The summed E-state index contributed by atoms with van der Waals surface area (Å²) in [7, 11) is 0. The quantitative estimate of drug-likeness (QED) is 0.782. The molecule has 0 fully saturated rings. The second-order valence-electron chi connectivity index (χ2n) is 4.56. The molecule has 5 nitrogen and oxygen atoms in total. The normalized spacial score (nSPS) is 10.7. The van der Waals surface area contributed by atoms with Gasteiger partial charge in [0.1, 0.15) is 5.75 Å². The number of hydrogen-bond acceptors (Lipinski definition) is 6. The molecule has 0 atom stereocenters. The zero-order valence-corrected chi connectivity index (χ0v) is 12.4. The van der Waals surface area contributed by atoms with Crippen LogP contribution in [0, 0.1) is 6.92 Å². The minimum Gasteiger partial charge on any atom is -0.493 e. The van der Waals surface area contributed by atoms with Crippen LogP contribution in [0.2, 0.25) is 0 Å². The smallest absolute Gasteiger partial charge is 0.260 e. The van der Waals surface area contributed by atoms with Crippen molar-refractivity contribution in [2.24, 2.45) is 0 Å². The van der Waals surface area contributed by atoms with E-state index in [1.807, 2.05) is 43.3 Å².